The zero-order valence-corrected chi connectivity index (χ0v) is 9.51. The van der Waals surface area contributed by atoms with E-state index in [1.54, 1.807) is 0 Å². The number of nitrogens with one attached hydrogen (secondary N) is 2. The monoisotopic (exact) mass is 233 g/mol. The molecule has 1 aliphatic rings. The summed E-state index contributed by atoms with van der Waals surface area (Å²) in [6.45, 7) is 1.94. The molecular formula is C12H12ClN3. The van der Waals surface area contributed by atoms with Gasteiger partial charge in [0, 0.05) is 11.9 Å². The average molecular weight is 234 g/mol. The standard InChI is InChI=1S/C12H12ClN3/c13-10-5-1-4-9-11(15-16-12(9)10)8-3-2-6-14-7-8/h1,3-5,14H,2,6-7H2,(H,15,16). The Morgan fingerprint density at radius 1 is 1.31 bits per heavy atom. The van der Waals surface area contributed by atoms with Crippen LogP contribution in [0.15, 0.2) is 24.3 Å². The van der Waals surface area contributed by atoms with Crippen LogP contribution in [0.3, 0.4) is 0 Å². The van der Waals surface area contributed by atoms with Crippen LogP contribution in [0.25, 0.3) is 16.5 Å². The highest BCUT2D eigenvalue weighted by atomic mass is 35.5. The smallest absolute Gasteiger partial charge is 0.111 e. The van der Waals surface area contributed by atoms with Crippen molar-refractivity contribution < 1.29 is 0 Å². The summed E-state index contributed by atoms with van der Waals surface area (Å²) in [7, 11) is 0. The molecule has 1 aromatic heterocycles. The van der Waals surface area contributed by atoms with E-state index in [1.165, 1.54) is 5.57 Å². The summed E-state index contributed by atoms with van der Waals surface area (Å²) in [5.41, 5.74) is 3.21. The zero-order valence-electron chi connectivity index (χ0n) is 8.76. The van der Waals surface area contributed by atoms with Crippen molar-refractivity contribution in [3.05, 3.63) is 35.0 Å². The minimum atomic E-state index is 0.698. The van der Waals surface area contributed by atoms with Gasteiger partial charge in [0.1, 0.15) is 5.52 Å². The molecule has 4 heteroatoms. The molecule has 1 aliphatic heterocycles. The van der Waals surface area contributed by atoms with Crippen LogP contribution in [0.4, 0.5) is 0 Å². The minimum Gasteiger partial charge on any atom is -0.312 e. The summed E-state index contributed by atoms with van der Waals surface area (Å²) in [5, 5.41) is 12.5. The van der Waals surface area contributed by atoms with Crippen molar-refractivity contribution in [3.63, 3.8) is 0 Å². The van der Waals surface area contributed by atoms with Crippen LogP contribution < -0.4 is 5.32 Å². The fraction of sp³-hybridized carbons (Fsp3) is 0.250. The number of fused-ring (bicyclic) bond motifs is 1. The summed E-state index contributed by atoms with van der Waals surface area (Å²) in [5.74, 6) is 0. The summed E-state index contributed by atoms with van der Waals surface area (Å²) in [6, 6.07) is 5.87. The molecule has 0 saturated carbocycles. The number of nitrogens with zero attached hydrogens (tertiary/aromatic N) is 1. The van der Waals surface area contributed by atoms with Crippen LogP contribution >= 0.6 is 11.6 Å². The molecule has 2 heterocycles. The molecular weight excluding hydrogens is 222 g/mol. The van der Waals surface area contributed by atoms with Crippen molar-refractivity contribution in [2.75, 3.05) is 13.1 Å². The Kier molecular flexibility index (Phi) is 2.42. The molecule has 0 fully saturated rings. The van der Waals surface area contributed by atoms with Gasteiger partial charge in [0.15, 0.2) is 0 Å². The second-order valence-corrected chi connectivity index (χ2v) is 4.34. The van der Waals surface area contributed by atoms with E-state index in [4.69, 9.17) is 11.6 Å². The Bertz CT molecular complexity index is 556. The van der Waals surface area contributed by atoms with E-state index in [9.17, 15) is 0 Å². The fourth-order valence-corrected chi connectivity index (χ4v) is 2.30. The van der Waals surface area contributed by atoms with Crippen LogP contribution in [-0.2, 0) is 0 Å². The van der Waals surface area contributed by atoms with Gasteiger partial charge in [0.2, 0.25) is 0 Å². The lowest BCUT2D eigenvalue weighted by Crippen LogP contribution is -2.21. The first kappa shape index (κ1) is 9.87. The molecule has 0 unspecified atom stereocenters. The lowest BCUT2D eigenvalue weighted by atomic mass is 10.0. The number of para-hydroxylation sites is 1. The van der Waals surface area contributed by atoms with Crippen LogP contribution in [0, 0.1) is 0 Å². The van der Waals surface area contributed by atoms with Crippen molar-refractivity contribution in [3.8, 4) is 0 Å². The van der Waals surface area contributed by atoms with Gasteiger partial charge in [0.25, 0.3) is 0 Å². The Hall–Kier alpha value is -1.32. The predicted octanol–water partition coefficient (Wildman–Crippen LogP) is 2.59. The third-order valence-electron chi connectivity index (χ3n) is 2.88. The van der Waals surface area contributed by atoms with Gasteiger partial charge in [-0.3, -0.25) is 5.10 Å². The van der Waals surface area contributed by atoms with Crippen LogP contribution in [0.2, 0.25) is 5.02 Å². The van der Waals surface area contributed by atoms with E-state index in [-0.39, 0.29) is 0 Å². The van der Waals surface area contributed by atoms with Gasteiger partial charge in [-0.05, 0) is 24.6 Å². The number of benzene rings is 1. The van der Waals surface area contributed by atoms with E-state index in [2.05, 4.69) is 27.7 Å². The van der Waals surface area contributed by atoms with Crippen LogP contribution in [0.1, 0.15) is 12.1 Å². The molecule has 16 heavy (non-hydrogen) atoms. The summed E-state index contributed by atoms with van der Waals surface area (Å²) < 4.78 is 0. The van der Waals surface area contributed by atoms with Crippen LogP contribution in [-0.4, -0.2) is 23.3 Å². The predicted molar refractivity (Wildman–Crippen MR) is 66.6 cm³/mol. The van der Waals surface area contributed by atoms with E-state index in [0.717, 1.165) is 36.1 Å². The summed E-state index contributed by atoms with van der Waals surface area (Å²) in [6.07, 6.45) is 3.32. The highest BCUT2D eigenvalue weighted by Crippen LogP contribution is 2.28. The quantitative estimate of drug-likeness (QED) is 0.795. The Morgan fingerprint density at radius 3 is 3.06 bits per heavy atom. The first-order chi connectivity index (χ1) is 7.86. The molecule has 2 aromatic rings. The number of aromatic amines is 1. The van der Waals surface area contributed by atoms with Gasteiger partial charge in [-0.25, -0.2) is 0 Å². The molecule has 0 saturated heterocycles. The van der Waals surface area contributed by atoms with E-state index < -0.39 is 0 Å². The molecule has 0 bridgehead atoms. The summed E-state index contributed by atoms with van der Waals surface area (Å²) in [4.78, 5) is 0. The van der Waals surface area contributed by atoms with E-state index >= 15 is 0 Å². The molecule has 1 aromatic carbocycles. The van der Waals surface area contributed by atoms with E-state index in [0.29, 0.717) is 5.02 Å². The van der Waals surface area contributed by atoms with Crippen LogP contribution in [0.5, 0.6) is 0 Å². The number of hydrogen-bond donors (Lipinski definition) is 2. The van der Waals surface area contributed by atoms with Gasteiger partial charge >= 0.3 is 0 Å². The Labute approximate surface area is 98.5 Å². The minimum absolute atomic E-state index is 0.698. The molecule has 0 atom stereocenters. The van der Waals surface area contributed by atoms with E-state index in [1.807, 2.05) is 12.1 Å². The molecule has 0 spiro atoms. The number of hydrogen-bond acceptors (Lipinski definition) is 2. The van der Waals surface area contributed by atoms with Crippen molar-refractivity contribution in [1.29, 1.82) is 0 Å². The molecule has 0 amide bonds. The topological polar surface area (TPSA) is 40.7 Å². The maximum Gasteiger partial charge on any atom is 0.111 e. The first-order valence-electron chi connectivity index (χ1n) is 5.39. The zero-order chi connectivity index (χ0) is 11.0. The van der Waals surface area contributed by atoms with Gasteiger partial charge in [0.05, 0.1) is 10.7 Å². The molecule has 0 radical (unpaired) electrons. The molecule has 3 rings (SSSR count). The average Bonchev–Trinajstić information content (AvgIpc) is 2.75. The number of rotatable bonds is 1. The van der Waals surface area contributed by atoms with Gasteiger partial charge in [-0.2, -0.15) is 5.10 Å². The maximum absolute atomic E-state index is 6.09. The first-order valence-corrected chi connectivity index (χ1v) is 5.77. The lowest BCUT2D eigenvalue weighted by Gasteiger charge is -2.12. The van der Waals surface area contributed by atoms with Crippen molar-refractivity contribution >= 4 is 28.1 Å². The third kappa shape index (κ3) is 1.52. The Balaban J connectivity index is 2.17. The van der Waals surface area contributed by atoms with Gasteiger partial charge in [-0.15, -0.1) is 0 Å². The number of aromatic nitrogens is 2. The van der Waals surface area contributed by atoms with Gasteiger partial charge < -0.3 is 5.32 Å². The highest BCUT2D eigenvalue weighted by molar-refractivity contribution is 6.35. The lowest BCUT2D eigenvalue weighted by molar-refractivity contribution is 0.737. The Morgan fingerprint density at radius 2 is 2.25 bits per heavy atom. The number of halogens is 1. The van der Waals surface area contributed by atoms with Crippen molar-refractivity contribution in [1.82, 2.24) is 15.5 Å². The second kappa shape index (κ2) is 3.92. The highest BCUT2D eigenvalue weighted by Gasteiger charge is 2.13. The molecule has 82 valence electrons. The molecule has 3 nitrogen and oxygen atoms in total. The molecule has 2 N–H and O–H groups in total. The molecule has 0 aliphatic carbocycles. The summed E-state index contributed by atoms with van der Waals surface area (Å²) >= 11 is 6.09. The van der Waals surface area contributed by atoms with Crippen molar-refractivity contribution in [2.45, 2.75) is 6.42 Å². The SMILES string of the molecule is Clc1cccc2c(C3=CCCNC3)[nH]nc12. The van der Waals surface area contributed by atoms with Gasteiger partial charge in [-0.1, -0.05) is 29.8 Å². The third-order valence-corrected chi connectivity index (χ3v) is 3.19. The fourth-order valence-electron chi connectivity index (χ4n) is 2.08. The van der Waals surface area contributed by atoms with Crippen molar-refractivity contribution in [2.24, 2.45) is 0 Å². The normalized spacial score (nSPS) is 16.4. The second-order valence-electron chi connectivity index (χ2n) is 3.93. The largest absolute Gasteiger partial charge is 0.312 e. The maximum atomic E-state index is 6.09. The number of H-pyrrole nitrogens is 1.